The van der Waals surface area contributed by atoms with E-state index in [4.69, 9.17) is 0 Å². The summed E-state index contributed by atoms with van der Waals surface area (Å²) in [6.45, 7) is 4.58. The van der Waals surface area contributed by atoms with Crippen molar-refractivity contribution in [1.82, 2.24) is 10.2 Å². The van der Waals surface area contributed by atoms with Crippen LogP contribution in [-0.2, 0) is 4.79 Å². The van der Waals surface area contributed by atoms with Crippen LogP contribution in [0.25, 0.3) is 0 Å². The van der Waals surface area contributed by atoms with Crippen molar-refractivity contribution in [2.24, 2.45) is 5.92 Å². The first kappa shape index (κ1) is 15.9. The van der Waals surface area contributed by atoms with E-state index in [0.29, 0.717) is 18.5 Å². The van der Waals surface area contributed by atoms with Gasteiger partial charge in [0.25, 0.3) is 6.43 Å². The molecule has 0 aliphatic carbocycles. The number of amides is 1. The van der Waals surface area contributed by atoms with E-state index in [-0.39, 0.29) is 11.8 Å². The van der Waals surface area contributed by atoms with E-state index in [1.165, 1.54) is 0 Å². The van der Waals surface area contributed by atoms with Gasteiger partial charge in [-0.15, -0.1) is 0 Å². The second-order valence-corrected chi connectivity index (χ2v) is 5.49. The van der Waals surface area contributed by atoms with Crippen molar-refractivity contribution in [2.75, 3.05) is 19.6 Å². The lowest BCUT2D eigenvalue weighted by atomic mass is 10.0. The molecular weight excluding hydrogens is 274 g/mol. The van der Waals surface area contributed by atoms with E-state index < -0.39 is 12.5 Å². The number of likely N-dealkylation sites (tertiary alicyclic amines) is 1. The van der Waals surface area contributed by atoms with Crippen LogP contribution in [0.5, 0.6) is 0 Å². The van der Waals surface area contributed by atoms with E-state index >= 15 is 0 Å². The Kier molecular flexibility index (Phi) is 5.67. The number of halogens is 2. The van der Waals surface area contributed by atoms with Crippen molar-refractivity contribution in [3.05, 3.63) is 35.9 Å². The molecule has 0 saturated carbocycles. The highest BCUT2D eigenvalue weighted by Crippen LogP contribution is 2.22. The van der Waals surface area contributed by atoms with Crippen molar-refractivity contribution in [3.63, 3.8) is 0 Å². The summed E-state index contributed by atoms with van der Waals surface area (Å²) in [5.74, 6) is -0.506. The minimum absolute atomic E-state index is 0.227. The molecule has 1 N–H and O–H groups in total. The van der Waals surface area contributed by atoms with Gasteiger partial charge in [-0.2, -0.15) is 0 Å². The second kappa shape index (κ2) is 7.50. The Morgan fingerprint density at radius 3 is 2.43 bits per heavy atom. The maximum Gasteiger partial charge on any atom is 0.262 e. The molecule has 5 heteroatoms. The first-order valence-electron chi connectivity index (χ1n) is 7.47. The highest BCUT2D eigenvalue weighted by molar-refractivity contribution is 5.79. The zero-order valence-electron chi connectivity index (χ0n) is 12.3. The van der Waals surface area contributed by atoms with Gasteiger partial charge in [0.1, 0.15) is 6.04 Å². The van der Waals surface area contributed by atoms with Crippen molar-refractivity contribution >= 4 is 5.91 Å². The first-order valence-corrected chi connectivity index (χ1v) is 7.47. The number of carbonyl (C=O) groups is 1. The Balaban J connectivity index is 1.99. The lowest BCUT2D eigenvalue weighted by Gasteiger charge is -2.33. The Morgan fingerprint density at radius 1 is 1.29 bits per heavy atom. The van der Waals surface area contributed by atoms with Crippen molar-refractivity contribution in [3.8, 4) is 0 Å². The summed E-state index contributed by atoms with van der Waals surface area (Å²) < 4.78 is 26.5. The molecule has 0 radical (unpaired) electrons. The van der Waals surface area contributed by atoms with Gasteiger partial charge in [0.2, 0.25) is 5.91 Å². The largest absolute Gasteiger partial charge is 0.343 e. The van der Waals surface area contributed by atoms with Crippen LogP contribution in [0.4, 0.5) is 8.78 Å². The number of nitrogens with one attached hydrogen (secondary N) is 1. The van der Waals surface area contributed by atoms with Gasteiger partial charge < -0.3 is 10.2 Å². The second-order valence-electron chi connectivity index (χ2n) is 5.49. The van der Waals surface area contributed by atoms with E-state index in [1.807, 2.05) is 6.92 Å². The number of nitrogens with zero attached hydrogens (tertiary/aromatic N) is 1. The van der Waals surface area contributed by atoms with E-state index in [9.17, 15) is 13.6 Å². The SMILES string of the molecule is CC[C@@H](CN1CCC1)C(=O)N[C@H](c1ccccc1)C(F)F. The van der Waals surface area contributed by atoms with Crippen molar-refractivity contribution in [2.45, 2.75) is 32.2 Å². The van der Waals surface area contributed by atoms with Gasteiger partial charge in [-0.3, -0.25) is 4.79 Å². The summed E-state index contributed by atoms with van der Waals surface area (Å²) >= 11 is 0. The van der Waals surface area contributed by atoms with Gasteiger partial charge >= 0.3 is 0 Å². The predicted octanol–water partition coefficient (Wildman–Crippen LogP) is 2.84. The molecule has 21 heavy (non-hydrogen) atoms. The lowest BCUT2D eigenvalue weighted by Crippen LogP contribution is -2.46. The summed E-state index contributed by atoms with van der Waals surface area (Å²) in [6, 6.07) is 7.18. The first-order chi connectivity index (χ1) is 10.1. The Morgan fingerprint density at radius 2 is 1.95 bits per heavy atom. The molecule has 0 unspecified atom stereocenters. The maximum absolute atomic E-state index is 13.2. The fourth-order valence-corrected chi connectivity index (χ4v) is 2.50. The highest BCUT2D eigenvalue weighted by Gasteiger charge is 2.29. The van der Waals surface area contributed by atoms with Crippen LogP contribution in [0.3, 0.4) is 0 Å². The molecule has 116 valence electrons. The average molecular weight is 296 g/mol. The third-order valence-corrected chi connectivity index (χ3v) is 4.00. The number of benzene rings is 1. The Bertz CT molecular complexity index is 449. The van der Waals surface area contributed by atoms with Crippen molar-refractivity contribution in [1.29, 1.82) is 0 Å². The Labute approximate surface area is 124 Å². The molecule has 0 bridgehead atoms. The third kappa shape index (κ3) is 4.24. The van der Waals surface area contributed by atoms with Crippen LogP contribution in [-0.4, -0.2) is 36.9 Å². The van der Waals surface area contributed by atoms with E-state index in [0.717, 1.165) is 19.5 Å². The molecule has 2 atom stereocenters. The van der Waals surface area contributed by atoms with Gasteiger partial charge in [-0.1, -0.05) is 37.3 Å². The molecule has 1 saturated heterocycles. The normalized spacial score (nSPS) is 18.1. The number of hydrogen-bond donors (Lipinski definition) is 1. The number of rotatable bonds is 7. The monoisotopic (exact) mass is 296 g/mol. The van der Waals surface area contributed by atoms with Gasteiger partial charge in [0, 0.05) is 6.54 Å². The maximum atomic E-state index is 13.2. The molecule has 1 aliphatic heterocycles. The smallest absolute Gasteiger partial charge is 0.262 e. The molecule has 0 aromatic heterocycles. The molecule has 3 nitrogen and oxygen atoms in total. The van der Waals surface area contributed by atoms with Crippen LogP contribution in [0.2, 0.25) is 0 Å². The summed E-state index contributed by atoms with van der Waals surface area (Å²) in [6.07, 6.45) is -0.799. The third-order valence-electron chi connectivity index (χ3n) is 4.00. The molecule has 1 amide bonds. The molecule has 1 aromatic rings. The molecule has 1 heterocycles. The zero-order valence-corrected chi connectivity index (χ0v) is 12.3. The molecule has 2 rings (SSSR count). The molecule has 1 aromatic carbocycles. The fraction of sp³-hybridized carbons (Fsp3) is 0.562. The van der Waals surface area contributed by atoms with E-state index in [2.05, 4.69) is 10.2 Å². The molecule has 1 fully saturated rings. The molecular formula is C16H22F2N2O. The molecule has 0 spiro atoms. The molecule has 1 aliphatic rings. The van der Waals surface area contributed by atoms with Crippen LogP contribution in [0.1, 0.15) is 31.4 Å². The summed E-state index contributed by atoms with van der Waals surface area (Å²) in [4.78, 5) is 14.5. The predicted molar refractivity (Wildman–Crippen MR) is 78.2 cm³/mol. The Hall–Kier alpha value is -1.49. The van der Waals surface area contributed by atoms with E-state index in [1.54, 1.807) is 30.3 Å². The quantitative estimate of drug-likeness (QED) is 0.839. The van der Waals surface area contributed by atoms with Gasteiger partial charge in [0.15, 0.2) is 0 Å². The summed E-state index contributed by atoms with van der Waals surface area (Å²) in [5, 5.41) is 2.52. The van der Waals surface area contributed by atoms with Gasteiger partial charge in [0.05, 0.1) is 5.92 Å². The summed E-state index contributed by atoms with van der Waals surface area (Å²) in [7, 11) is 0. The fourth-order valence-electron chi connectivity index (χ4n) is 2.50. The minimum Gasteiger partial charge on any atom is -0.343 e. The van der Waals surface area contributed by atoms with Crippen LogP contribution in [0, 0.1) is 5.92 Å². The topological polar surface area (TPSA) is 32.3 Å². The van der Waals surface area contributed by atoms with Gasteiger partial charge in [-0.05, 0) is 31.5 Å². The zero-order chi connectivity index (χ0) is 15.2. The minimum atomic E-state index is -2.61. The number of carbonyl (C=O) groups excluding carboxylic acids is 1. The highest BCUT2D eigenvalue weighted by atomic mass is 19.3. The standard InChI is InChI=1S/C16H22F2N2O/c1-2-12(11-20-9-6-10-20)16(21)19-14(15(17)18)13-7-4-3-5-8-13/h3-5,7-8,12,14-15H,2,6,9-11H2,1H3,(H,19,21)/t12-,14+/m0/s1. The van der Waals surface area contributed by atoms with Crippen molar-refractivity contribution < 1.29 is 13.6 Å². The lowest BCUT2D eigenvalue weighted by molar-refractivity contribution is -0.128. The van der Waals surface area contributed by atoms with Gasteiger partial charge in [-0.25, -0.2) is 8.78 Å². The number of hydrogen-bond acceptors (Lipinski definition) is 2. The summed E-state index contributed by atoms with van der Waals surface area (Å²) in [5.41, 5.74) is 0.444. The van der Waals surface area contributed by atoms with Crippen LogP contribution >= 0.6 is 0 Å². The van der Waals surface area contributed by atoms with Crippen LogP contribution in [0.15, 0.2) is 30.3 Å². The average Bonchev–Trinajstić information content (AvgIpc) is 2.44. The van der Waals surface area contributed by atoms with Crippen LogP contribution < -0.4 is 5.32 Å². The number of alkyl halides is 2.